The van der Waals surface area contributed by atoms with Crippen LogP contribution in [0.25, 0.3) is 16.9 Å². The fraction of sp³-hybridized carbons (Fsp3) is 0.0769. The largest absolute Gasteiger partial charge is 0.369 e. The zero-order valence-electron chi connectivity index (χ0n) is 10.4. The van der Waals surface area contributed by atoms with Crippen LogP contribution >= 0.6 is 11.6 Å². The molecule has 0 saturated carbocycles. The number of anilines is 1. The second kappa shape index (κ2) is 4.42. The van der Waals surface area contributed by atoms with Crippen molar-refractivity contribution in [2.45, 2.75) is 6.92 Å². The van der Waals surface area contributed by atoms with E-state index in [1.54, 1.807) is 12.3 Å². The van der Waals surface area contributed by atoms with Crippen LogP contribution < -0.4 is 5.73 Å². The van der Waals surface area contributed by atoms with Crippen LogP contribution in [0.2, 0.25) is 5.02 Å². The Balaban J connectivity index is 2.38. The minimum Gasteiger partial charge on any atom is -0.369 e. The molecule has 2 N–H and O–H groups in total. The van der Waals surface area contributed by atoms with E-state index in [0.717, 1.165) is 17.7 Å². The molecule has 0 unspecified atom stereocenters. The van der Waals surface area contributed by atoms with Gasteiger partial charge in [0.15, 0.2) is 11.5 Å². The lowest BCUT2D eigenvalue weighted by atomic mass is 10.2. The molecule has 7 heteroatoms. The summed E-state index contributed by atoms with van der Waals surface area (Å²) in [6.07, 6.45) is 1.61. The molecule has 0 spiro atoms. The summed E-state index contributed by atoms with van der Waals surface area (Å²) in [5.41, 5.74) is 7.51. The Hall–Kier alpha value is -2.21. The first kappa shape index (κ1) is 12.8. The third kappa shape index (κ3) is 1.89. The number of hydrogen-bond acceptors (Lipinski definition) is 3. The summed E-state index contributed by atoms with van der Waals surface area (Å²) in [6.45, 7) is 1.85. The molecule has 0 aliphatic rings. The molecule has 3 rings (SSSR count). The van der Waals surface area contributed by atoms with E-state index >= 15 is 0 Å². The number of aryl methyl sites for hydroxylation is 1. The molecule has 0 fully saturated rings. The maximum Gasteiger partial charge on any atom is 0.207 e. The summed E-state index contributed by atoms with van der Waals surface area (Å²) < 4.78 is 28.4. The van der Waals surface area contributed by atoms with Gasteiger partial charge >= 0.3 is 0 Å². The molecule has 0 aliphatic carbocycles. The number of nitrogens with two attached hydrogens (primary N) is 1. The molecule has 2 aromatic heterocycles. The summed E-state index contributed by atoms with van der Waals surface area (Å²) >= 11 is 5.92. The Morgan fingerprint density at radius 3 is 2.70 bits per heavy atom. The average molecular weight is 295 g/mol. The van der Waals surface area contributed by atoms with E-state index in [0.29, 0.717) is 11.2 Å². The fourth-order valence-electron chi connectivity index (χ4n) is 2.05. The highest BCUT2D eigenvalue weighted by molar-refractivity contribution is 6.32. The molecular formula is C13H9ClF2N4. The van der Waals surface area contributed by atoms with Crippen LogP contribution in [-0.2, 0) is 0 Å². The van der Waals surface area contributed by atoms with Gasteiger partial charge in [-0.1, -0.05) is 11.6 Å². The summed E-state index contributed by atoms with van der Waals surface area (Å²) in [5, 5.41) is -0.101. The summed E-state index contributed by atoms with van der Waals surface area (Å²) in [7, 11) is 0. The van der Waals surface area contributed by atoms with Gasteiger partial charge < -0.3 is 5.73 Å². The van der Waals surface area contributed by atoms with E-state index in [1.165, 1.54) is 4.57 Å². The molecule has 20 heavy (non-hydrogen) atoms. The molecule has 0 bridgehead atoms. The van der Waals surface area contributed by atoms with Crippen LogP contribution in [0, 0.1) is 18.6 Å². The van der Waals surface area contributed by atoms with Crippen molar-refractivity contribution in [3.8, 4) is 5.69 Å². The van der Waals surface area contributed by atoms with Crippen molar-refractivity contribution in [1.82, 2.24) is 14.5 Å². The predicted molar refractivity (Wildman–Crippen MR) is 72.9 cm³/mol. The third-order valence-electron chi connectivity index (χ3n) is 2.87. The van der Waals surface area contributed by atoms with Crippen LogP contribution in [0.4, 0.5) is 14.7 Å². The number of benzene rings is 1. The lowest BCUT2D eigenvalue weighted by molar-refractivity contribution is 0.579. The number of fused-ring (bicyclic) bond motifs is 1. The van der Waals surface area contributed by atoms with Crippen LogP contribution in [0.5, 0.6) is 0 Å². The van der Waals surface area contributed by atoms with E-state index < -0.39 is 11.6 Å². The Bertz CT molecular complexity index is 806. The van der Waals surface area contributed by atoms with Gasteiger partial charge in [-0.25, -0.2) is 18.7 Å². The number of aromatic nitrogens is 3. The van der Waals surface area contributed by atoms with E-state index in [-0.39, 0.29) is 16.7 Å². The molecule has 3 aromatic rings. The summed E-state index contributed by atoms with van der Waals surface area (Å²) in [5.74, 6) is -1.56. The van der Waals surface area contributed by atoms with Crippen molar-refractivity contribution >= 4 is 28.7 Å². The van der Waals surface area contributed by atoms with Gasteiger partial charge in [0.2, 0.25) is 5.95 Å². The van der Waals surface area contributed by atoms with Crippen LogP contribution in [0.3, 0.4) is 0 Å². The van der Waals surface area contributed by atoms with Crippen molar-refractivity contribution in [1.29, 1.82) is 0 Å². The smallest absolute Gasteiger partial charge is 0.207 e. The van der Waals surface area contributed by atoms with Crippen molar-refractivity contribution in [3.05, 3.63) is 46.6 Å². The SMILES string of the molecule is Cc1cnc2c(c1)nc(N)n2-c1c(F)cc(F)cc1Cl. The number of hydrogen-bond donors (Lipinski definition) is 1. The summed E-state index contributed by atoms with van der Waals surface area (Å²) in [6, 6.07) is 3.52. The molecule has 1 aromatic carbocycles. The van der Waals surface area contributed by atoms with E-state index in [1.807, 2.05) is 6.92 Å². The Labute approximate surface area is 117 Å². The molecule has 0 amide bonds. The highest BCUT2D eigenvalue weighted by Crippen LogP contribution is 2.30. The third-order valence-corrected chi connectivity index (χ3v) is 3.15. The number of pyridine rings is 1. The Kier molecular flexibility index (Phi) is 2.83. The van der Waals surface area contributed by atoms with Gasteiger partial charge in [0.25, 0.3) is 0 Å². The highest BCUT2D eigenvalue weighted by atomic mass is 35.5. The van der Waals surface area contributed by atoms with E-state index in [2.05, 4.69) is 9.97 Å². The molecular weight excluding hydrogens is 286 g/mol. The topological polar surface area (TPSA) is 56.7 Å². The van der Waals surface area contributed by atoms with Crippen molar-refractivity contribution in [3.63, 3.8) is 0 Å². The average Bonchev–Trinajstić information content (AvgIpc) is 2.64. The quantitative estimate of drug-likeness (QED) is 0.749. The number of nitrogen functional groups attached to an aromatic ring is 1. The van der Waals surface area contributed by atoms with Crippen LogP contribution in [-0.4, -0.2) is 14.5 Å². The monoisotopic (exact) mass is 294 g/mol. The number of rotatable bonds is 1. The first-order valence-electron chi connectivity index (χ1n) is 5.73. The maximum atomic E-state index is 14.0. The molecule has 0 aliphatic heterocycles. The van der Waals surface area contributed by atoms with Gasteiger partial charge in [-0.05, 0) is 24.6 Å². The molecule has 0 saturated heterocycles. The highest BCUT2D eigenvalue weighted by Gasteiger charge is 2.18. The molecule has 4 nitrogen and oxygen atoms in total. The lowest BCUT2D eigenvalue weighted by Crippen LogP contribution is -2.05. The predicted octanol–water partition coefficient (Wildman–Crippen LogP) is 3.24. The van der Waals surface area contributed by atoms with Crippen molar-refractivity contribution in [2.75, 3.05) is 5.73 Å². The second-order valence-corrected chi connectivity index (χ2v) is 4.79. The Morgan fingerprint density at radius 2 is 2.00 bits per heavy atom. The molecule has 0 atom stereocenters. The second-order valence-electron chi connectivity index (χ2n) is 4.38. The number of halogens is 3. The van der Waals surface area contributed by atoms with Crippen molar-refractivity contribution < 1.29 is 8.78 Å². The summed E-state index contributed by atoms with van der Waals surface area (Å²) in [4.78, 5) is 8.30. The molecule has 102 valence electrons. The standard InChI is InChI=1S/C13H9ClF2N4/c1-6-2-10-12(18-5-6)20(13(17)19-10)11-8(14)3-7(15)4-9(11)16/h2-5H,1H3,(H2,17,19). The maximum absolute atomic E-state index is 14.0. The van der Waals surface area contributed by atoms with Gasteiger partial charge in [-0.15, -0.1) is 0 Å². The van der Waals surface area contributed by atoms with Gasteiger partial charge in [0, 0.05) is 12.3 Å². The molecule has 2 heterocycles. The first-order chi connectivity index (χ1) is 9.47. The van der Waals surface area contributed by atoms with Gasteiger partial charge in [-0.3, -0.25) is 4.57 Å². The number of nitrogens with zero attached hydrogens (tertiary/aromatic N) is 3. The Morgan fingerprint density at radius 1 is 1.25 bits per heavy atom. The van der Waals surface area contributed by atoms with Gasteiger partial charge in [-0.2, -0.15) is 0 Å². The first-order valence-corrected chi connectivity index (χ1v) is 6.10. The lowest BCUT2D eigenvalue weighted by Gasteiger charge is -2.09. The zero-order valence-corrected chi connectivity index (χ0v) is 11.1. The van der Waals surface area contributed by atoms with E-state index in [9.17, 15) is 8.78 Å². The fourth-order valence-corrected chi connectivity index (χ4v) is 2.33. The molecule has 0 radical (unpaired) electrons. The van der Waals surface area contributed by atoms with Crippen LogP contribution in [0.15, 0.2) is 24.4 Å². The van der Waals surface area contributed by atoms with Crippen LogP contribution in [0.1, 0.15) is 5.56 Å². The normalized spacial score (nSPS) is 11.2. The van der Waals surface area contributed by atoms with Crippen molar-refractivity contribution in [2.24, 2.45) is 0 Å². The van der Waals surface area contributed by atoms with Gasteiger partial charge in [0.05, 0.1) is 5.02 Å². The van der Waals surface area contributed by atoms with E-state index in [4.69, 9.17) is 17.3 Å². The minimum absolute atomic E-state index is 0.0329. The minimum atomic E-state index is -0.830. The zero-order chi connectivity index (χ0) is 14.4. The van der Waals surface area contributed by atoms with Gasteiger partial charge in [0.1, 0.15) is 17.0 Å². The number of imidazole rings is 1.